The smallest absolute Gasteiger partial charge is 0.310 e. The predicted molar refractivity (Wildman–Crippen MR) is 64.6 cm³/mol. The lowest BCUT2D eigenvalue weighted by atomic mass is 10.2. The van der Waals surface area contributed by atoms with E-state index in [1.165, 1.54) is 13.0 Å². The highest BCUT2D eigenvalue weighted by atomic mass is 32.2. The van der Waals surface area contributed by atoms with Gasteiger partial charge in [0.05, 0.1) is 5.70 Å². The maximum absolute atomic E-state index is 11.5. The molecular weight excluding hydrogens is 260 g/mol. The molecule has 0 radical (unpaired) electrons. The van der Waals surface area contributed by atoms with Gasteiger partial charge in [-0.3, -0.25) is 14.1 Å². The van der Waals surface area contributed by atoms with Crippen molar-refractivity contribution in [2.24, 2.45) is 4.99 Å². The lowest BCUT2D eigenvalue weighted by molar-refractivity contribution is -0.128. The van der Waals surface area contributed by atoms with E-state index in [9.17, 15) is 22.6 Å². The van der Waals surface area contributed by atoms with Crippen LogP contribution in [-0.4, -0.2) is 47.7 Å². The van der Waals surface area contributed by atoms with Crippen LogP contribution in [0.4, 0.5) is 0 Å². The third-order valence-electron chi connectivity index (χ3n) is 2.77. The van der Waals surface area contributed by atoms with E-state index in [4.69, 9.17) is 0 Å². The Morgan fingerprint density at radius 2 is 2.17 bits per heavy atom. The number of hydrogen-bond donors (Lipinski definition) is 1. The first-order valence-electron chi connectivity index (χ1n) is 5.33. The van der Waals surface area contributed by atoms with Crippen LogP contribution in [0.1, 0.15) is 20.3 Å². The molecule has 0 saturated carbocycles. The Bertz CT molecular complexity index is 522. The molecule has 8 heteroatoms. The molecule has 0 aromatic heterocycles. The number of carbonyl (C=O) groups is 2. The SMILES string of the molecule is CCN1C(C(=O)C=O)=CC=NC1(CC)S(=O)(=O)O. The van der Waals surface area contributed by atoms with Crippen molar-refractivity contribution in [3.8, 4) is 0 Å². The zero-order valence-electron chi connectivity index (χ0n) is 10.0. The highest BCUT2D eigenvalue weighted by Crippen LogP contribution is 2.32. The van der Waals surface area contributed by atoms with Gasteiger partial charge < -0.3 is 4.90 Å². The normalized spacial score (nSPS) is 23.7. The summed E-state index contributed by atoms with van der Waals surface area (Å²) in [5, 5.41) is 0. The number of allylic oxidation sites excluding steroid dienone is 2. The summed E-state index contributed by atoms with van der Waals surface area (Å²) in [4.78, 5) is 25.0. The number of likely N-dealkylation sites (N-methyl/N-ethyl adjacent to an activating group) is 1. The molecule has 0 aromatic carbocycles. The topological polar surface area (TPSA) is 104 Å². The monoisotopic (exact) mass is 274 g/mol. The summed E-state index contributed by atoms with van der Waals surface area (Å²) in [5.41, 5.74) is -0.0954. The van der Waals surface area contributed by atoms with Crippen LogP contribution in [0.2, 0.25) is 0 Å². The zero-order chi connectivity index (χ0) is 14.0. The lowest BCUT2D eigenvalue weighted by Gasteiger charge is -2.40. The molecule has 0 fully saturated rings. The number of ketones is 1. The van der Waals surface area contributed by atoms with Crippen molar-refractivity contribution < 1.29 is 22.6 Å². The number of carbonyl (C=O) groups excluding carboxylic acids is 2. The van der Waals surface area contributed by atoms with Gasteiger partial charge in [0.1, 0.15) is 0 Å². The highest BCUT2D eigenvalue weighted by Gasteiger charge is 2.49. The molecule has 0 bridgehead atoms. The van der Waals surface area contributed by atoms with E-state index in [0.717, 1.165) is 11.1 Å². The van der Waals surface area contributed by atoms with Crippen LogP contribution >= 0.6 is 0 Å². The molecule has 0 amide bonds. The molecule has 7 nitrogen and oxygen atoms in total. The average Bonchev–Trinajstić information content (AvgIpc) is 2.35. The predicted octanol–water partition coefficient (Wildman–Crippen LogP) is -0.00380. The van der Waals surface area contributed by atoms with Gasteiger partial charge in [0.15, 0.2) is 6.29 Å². The van der Waals surface area contributed by atoms with Gasteiger partial charge in [-0.1, -0.05) is 6.92 Å². The fraction of sp³-hybridized carbons (Fsp3) is 0.500. The van der Waals surface area contributed by atoms with Crippen molar-refractivity contribution in [1.29, 1.82) is 0 Å². The third-order valence-corrected chi connectivity index (χ3v) is 4.21. The highest BCUT2D eigenvalue weighted by molar-refractivity contribution is 7.87. The van der Waals surface area contributed by atoms with Gasteiger partial charge in [0, 0.05) is 19.2 Å². The molecule has 0 saturated heterocycles. The Morgan fingerprint density at radius 1 is 1.56 bits per heavy atom. The maximum atomic E-state index is 11.5. The van der Waals surface area contributed by atoms with Crippen LogP contribution in [0, 0.1) is 0 Å². The summed E-state index contributed by atoms with van der Waals surface area (Å²) in [6.07, 6.45) is 2.40. The van der Waals surface area contributed by atoms with Gasteiger partial charge in [-0.15, -0.1) is 0 Å². The van der Waals surface area contributed by atoms with Crippen LogP contribution in [0.15, 0.2) is 16.8 Å². The van der Waals surface area contributed by atoms with Crippen molar-refractivity contribution in [3.63, 3.8) is 0 Å². The average molecular weight is 274 g/mol. The summed E-state index contributed by atoms with van der Waals surface area (Å²) in [6.45, 7) is 3.22. The summed E-state index contributed by atoms with van der Waals surface area (Å²) in [7, 11) is -4.55. The molecule has 18 heavy (non-hydrogen) atoms. The van der Waals surface area contributed by atoms with Crippen LogP contribution in [-0.2, 0) is 19.7 Å². The zero-order valence-corrected chi connectivity index (χ0v) is 10.8. The standard InChI is InChI=1S/C10H14N2O5S/c1-3-10(18(15,16)17)11-6-5-8(9(14)7-13)12(10)4-2/h5-7H,3-4H2,1-2H3,(H,15,16,17). The Hall–Kier alpha value is -1.54. The van der Waals surface area contributed by atoms with Gasteiger partial charge in [-0.25, -0.2) is 4.99 Å². The number of hydrogen-bond acceptors (Lipinski definition) is 6. The van der Waals surface area contributed by atoms with Gasteiger partial charge in [-0.05, 0) is 13.0 Å². The second kappa shape index (κ2) is 4.99. The van der Waals surface area contributed by atoms with E-state index < -0.39 is 20.9 Å². The fourth-order valence-corrected chi connectivity index (χ4v) is 3.00. The van der Waals surface area contributed by atoms with Gasteiger partial charge in [0.25, 0.3) is 4.99 Å². The summed E-state index contributed by atoms with van der Waals surface area (Å²) in [5.74, 6) is -0.857. The van der Waals surface area contributed by atoms with Gasteiger partial charge >= 0.3 is 10.1 Å². The molecule has 100 valence electrons. The molecule has 0 spiro atoms. The van der Waals surface area contributed by atoms with Crippen molar-refractivity contribution in [1.82, 2.24) is 4.90 Å². The van der Waals surface area contributed by atoms with Crippen molar-refractivity contribution in [2.45, 2.75) is 25.3 Å². The second-order valence-corrected chi connectivity index (χ2v) is 5.23. The van der Waals surface area contributed by atoms with Crippen molar-refractivity contribution in [2.75, 3.05) is 6.54 Å². The summed E-state index contributed by atoms with van der Waals surface area (Å²) < 4.78 is 32.4. The quantitative estimate of drug-likeness (QED) is 0.430. The third kappa shape index (κ3) is 2.08. The van der Waals surface area contributed by atoms with E-state index in [0.29, 0.717) is 0 Å². The first-order valence-corrected chi connectivity index (χ1v) is 6.77. The molecule has 0 aliphatic carbocycles. The molecule has 0 aromatic rings. The number of aldehydes is 1. The molecule has 1 aliphatic rings. The van der Waals surface area contributed by atoms with Crippen molar-refractivity contribution in [3.05, 3.63) is 11.8 Å². The van der Waals surface area contributed by atoms with Crippen LogP contribution in [0.25, 0.3) is 0 Å². The number of rotatable bonds is 5. The molecule has 1 heterocycles. The maximum Gasteiger partial charge on any atom is 0.310 e. The Balaban J connectivity index is 3.42. The Morgan fingerprint density at radius 3 is 2.56 bits per heavy atom. The summed E-state index contributed by atoms with van der Waals surface area (Å²) in [6, 6.07) is 0. The molecule has 1 aliphatic heterocycles. The van der Waals surface area contributed by atoms with Crippen LogP contribution in [0.3, 0.4) is 0 Å². The van der Waals surface area contributed by atoms with Crippen LogP contribution in [0.5, 0.6) is 0 Å². The Kier molecular flexibility index (Phi) is 4.02. The first-order chi connectivity index (χ1) is 8.34. The van der Waals surface area contributed by atoms with E-state index in [-0.39, 0.29) is 24.9 Å². The molecule has 1 unspecified atom stereocenters. The fourth-order valence-electron chi connectivity index (χ4n) is 1.94. The van der Waals surface area contributed by atoms with Gasteiger partial charge in [0.2, 0.25) is 5.78 Å². The first kappa shape index (κ1) is 14.5. The Labute approximate surface area is 105 Å². The number of Topliss-reactive ketones (excluding diaryl/α,β-unsaturated/α-hetero) is 1. The van der Waals surface area contributed by atoms with Gasteiger partial charge in [-0.2, -0.15) is 8.42 Å². The van der Waals surface area contributed by atoms with E-state index in [1.807, 2.05) is 0 Å². The second-order valence-electron chi connectivity index (χ2n) is 3.63. The minimum Gasteiger partial charge on any atom is -0.330 e. The number of nitrogens with zero attached hydrogens (tertiary/aromatic N) is 2. The largest absolute Gasteiger partial charge is 0.330 e. The molecule has 1 rings (SSSR count). The molecular formula is C10H14N2O5S. The van der Waals surface area contributed by atoms with E-state index in [2.05, 4.69) is 4.99 Å². The lowest BCUT2D eigenvalue weighted by Crippen LogP contribution is -2.54. The minimum absolute atomic E-state index is 0.0559. The van der Waals surface area contributed by atoms with Crippen molar-refractivity contribution >= 4 is 28.4 Å². The van der Waals surface area contributed by atoms with E-state index in [1.54, 1.807) is 6.92 Å². The summed E-state index contributed by atoms with van der Waals surface area (Å²) >= 11 is 0. The van der Waals surface area contributed by atoms with Crippen LogP contribution < -0.4 is 0 Å². The number of aliphatic imine (C=N–C) groups is 1. The minimum atomic E-state index is -4.55. The molecule has 1 N–H and O–H groups in total. The van der Waals surface area contributed by atoms with E-state index >= 15 is 0 Å². The molecule has 1 atom stereocenters.